The van der Waals surface area contributed by atoms with Gasteiger partial charge in [-0.05, 0) is 83.5 Å². The molecule has 0 rings (SSSR count). The maximum absolute atomic E-state index is 12.8. The first kappa shape index (κ1) is 60.1. The molecule has 0 aliphatic heterocycles. The topological polar surface area (TPSA) is 78.9 Å². The van der Waals surface area contributed by atoms with Crippen LogP contribution in [0.2, 0.25) is 0 Å². The Kier molecular flexibility index (Phi) is 49.4. The van der Waals surface area contributed by atoms with Crippen LogP contribution in [0.1, 0.15) is 265 Å². The van der Waals surface area contributed by atoms with E-state index in [1.165, 1.54) is 154 Å². The number of hydrogen-bond donors (Lipinski definition) is 0. The maximum atomic E-state index is 12.8. The van der Waals surface area contributed by atoms with Gasteiger partial charge in [0.1, 0.15) is 13.2 Å². The van der Waals surface area contributed by atoms with E-state index in [-0.39, 0.29) is 37.5 Å². The van der Waals surface area contributed by atoms with Gasteiger partial charge in [-0.15, -0.1) is 0 Å². The number of ether oxygens (including phenoxy) is 3. The SMILES string of the molecule is CCCCC/C=C\C/C=C\C/C=C\C/C=C\CCCC(=O)O[C@H](COC(=O)CCCCCCCCC/C=C\CCCCCC)COC(=O)CCCCCCCCCCCCCCC. The van der Waals surface area contributed by atoms with Crippen LogP contribution in [0.3, 0.4) is 0 Å². The molecule has 0 aliphatic carbocycles. The van der Waals surface area contributed by atoms with E-state index in [0.717, 1.165) is 64.2 Å². The Morgan fingerprint density at radius 3 is 1.00 bits per heavy atom. The van der Waals surface area contributed by atoms with Gasteiger partial charge in [0, 0.05) is 19.3 Å². The van der Waals surface area contributed by atoms with Crippen LogP contribution in [-0.4, -0.2) is 37.2 Å². The van der Waals surface area contributed by atoms with Gasteiger partial charge in [0.2, 0.25) is 0 Å². The molecule has 0 unspecified atom stereocenters. The van der Waals surface area contributed by atoms with Crippen molar-refractivity contribution in [3.8, 4) is 0 Å². The van der Waals surface area contributed by atoms with Gasteiger partial charge in [-0.1, -0.05) is 223 Å². The van der Waals surface area contributed by atoms with Gasteiger partial charge in [-0.25, -0.2) is 0 Å². The summed E-state index contributed by atoms with van der Waals surface area (Å²) in [5.74, 6) is -0.950. The molecule has 6 heteroatoms. The first-order valence-corrected chi connectivity index (χ1v) is 26.8. The summed E-state index contributed by atoms with van der Waals surface area (Å²) in [6.45, 7) is 6.56. The Morgan fingerprint density at radius 1 is 0.317 bits per heavy atom. The van der Waals surface area contributed by atoms with E-state index in [9.17, 15) is 14.4 Å². The second kappa shape index (κ2) is 51.7. The Labute approximate surface area is 390 Å². The van der Waals surface area contributed by atoms with Crippen molar-refractivity contribution in [3.05, 3.63) is 60.8 Å². The summed E-state index contributed by atoms with van der Waals surface area (Å²) >= 11 is 0. The highest BCUT2D eigenvalue weighted by Gasteiger charge is 2.19. The number of rotatable bonds is 48. The van der Waals surface area contributed by atoms with Crippen molar-refractivity contribution in [2.45, 2.75) is 271 Å². The molecule has 6 nitrogen and oxygen atoms in total. The molecule has 0 N–H and O–H groups in total. The molecule has 0 radical (unpaired) electrons. The lowest BCUT2D eigenvalue weighted by Gasteiger charge is -2.18. The molecular formula is C57H100O6. The highest BCUT2D eigenvalue weighted by molar-refractivity contribution is 5.71. The van der Waals surface area contributed by atoms with E-state index in [4.69, 9.17) is 14.2 Å². The predicted molar refractivity (Wildman–Crippen MR) is 270 cm³/mol. The molecule has 0 aromatic carbocycles. The molecule has 0 saturated heterocycles. The van der Waals surface area contributed by atoms with Crippen LogP contribution in [0.25, 0.3) is 0 Å². The minimum atomic E-state index is -0.801. The van der Waals surface area contributed by atoms with Crippen molar-refractivity contribution < 1.29 is 28.6 Å². The van der Waals surface area contributed by atoms with Gasteiger partial charge >= 0.3 is 17.9 Å². The van der Waals surface area contributed by atoms with Crippen LogP contribution < -0.4 is 0 Å². The molecule has 0 aromatic heterocycles. The van der Waals surface area contributed by atoms with Gasteiger partial charge in [-0.2, -0.15) is 0 Å². The molecule has 0 saturated carbocycles. The number of carbonyl (C=O) groups is 3. The second-order valence-corrected chi connectivity index (χ2v) is 17.8. The molecule has 364 valence electrons. The average Bonchev–Trinajstić information content (AvgIpc) is 3.28. The lowest BCUT2D eigenvalue weighted by atomic mass is 10.0. The fourth-order valence-corrected chi connectivity index (χ4v) is 7.43. The van der Waals surface area contributed by atoms with Crippen LogP contribution >= 0.6 is 0 Å². The summed E-state index contributed by atoms with van der Waals surface area (Å²) in [5, 5.41) is 0. The van der Waals surface area contributed by atoms with Crippen LogP contribution in [-0.2, 0) is 28.6 Å². The molecule has 0 fully saturated rings. The number of allylic oxidation sites excluding steroid dienone is 10. The monoisotopic (exact) mass is 881 g/mol. The van der Waals surface area contributed by atoms with Crippen LogP contribution in [0.15, 0.2) is 60.8 Å². The number of unbranched alkanes of at least 4 members (excludes halogenated alkanes) is 27. The molecule has 63 heavy (non-hydrogen) atoms. The van der Waals surface area contributed by atoms with Gasteiger partial charge in [0.25, 0.3) is 0 Å². The second-order valence-electron chi connectivity index (χ2n) is 17.8. The highest BCUT2D eigenvalue weighted by atomic mass is 16.6. The normalized spacial score (nSPS) is 12.5. The van der Waals surface area contributed by atoms with Crippen molar-refractivity contribution in [1.29, 1.82) is 0 Å². The Balaban J connectivity index is 4.46. The summed E-state index contributed by atoms with van der Waals surface area (Å²) in [6.07, 6.45) is 63.5. The summed E-state index contributed by atoms with van der Waals surface area (Å²) in [5.41, 5.74) is 0. The van der Waals surface area contributed by atoms with Crippen molar-refractivity contribution in [2.75, 3.05) is 13.2 Å². The Hall–Kier alpha value is -2.89. The third-order valence-electron chi connectivity index (χ3n) is 11.5. The molecule has 0 amide bonds. The largest absolute Gasteiger partial charge is 0.462 e. The highest BCUT2D eigenvalue weighted by Crippen LogP contribution is 2.15. The number of esters is 3. The van der Waals surface area contributed by atoms with E-state index in [0.29, 0.717) is 19.3 Å². The third kappa shape index (κ3) is 50.0. The summed E-state index contributed by atoms with van der Waals surface area (Å²) in [6, 6.07) is 0. The minimum absolute atomic E-state index is 0.0950. The molecule has 0 aliphatic rings. The van der Waals surface area contributed by atoms with Crippen molar-refractivity contribution in [1.82, 2.24) is 0 Å². The van der Waals surface area contributed by atoms with E-state index in [2.05, 4.69) is 81.5 Å². The van der Waals surface area contributed by atoms with Gasteiger partial charge in [-0.3, -0.25) is 14.4 Å². The average molecular weight is 881 g/mol. The molecular weight excluding hydrogens is 781 g/mol. The zero-order valence-corrected chi connectivity index (χ0v) is 41.6. The molecule has 0 spiro atoms. The van der Waals surface area contributed by atoms with Crippen molar-refractivity contribution >= 4 is 17.9 Å². The smallest absolute Gasteiger partial charge is 0.306 e. The fraction of sp³-hybridized carbons (Fsp3) is 0.772. The maximum Gasteiger partial charge on any atom is 0.306 e. The Bertz CT molecular complexity index is 1150. The van der Waals surface area contributed by atoms with Crippen molar-refractivity contribution in [2.24, 2.45) is 0 Å². The molecule has 0 bridgehead atoms. The Morgan fingerprint density at radius 2 is 0.587 bits per heavy atom. The van der Waals surface area contributed by atoms with Crippen LogP contribution in [0, 0.1) is 0 Å². The van der Waals surface area contributed by atoms with E-state index < -0.39 is 6.10 Å². The fourth-order valence-electron chi connectivity index (χ4n) is 7.43. The molecule has 1 atom stereocenters. The lowest BCUT2D eigenvalue weighted by molar-refractivity contribution is -0.167. The number of hydrogen-bond acceptors (Lipinski definition) is 6. The van der Waals surface area contributed by atoms with E-state index in [1.807, 2.05) is 0 Å². The lowest BCUT2D eigenvalue weighted by Crippen LogP contribution is -2.30. The predicted octanol–water partition coefficient (Wildman–Crippen LogP) is 17.6. The third-order valence-corrected chi connectivity index (χ3v) is 11.5. The van der Waals surface area contributed by atoms with Crippen LogP contribution in [0.4, 0.5) is 0 Å². The van der Waals surface area contributed by atoms with Gasteiger partial charge < -0.3 is 14.2 Å². The van der Waals surface area contributed by atoms with Crippen molar-refractivity contribution in [3.63, 3.8) is 0 Å². The standard InChI is InChI=1S/C57H100O6/c1-4-7-10-13-16-19-22-25-27-28-30-33-36-39-42-45-48-51-57(60)63-54(52-61-55(58)49-46-43-40-37-34-31-24-21-18-15-12-9-6-3)53-62-56(59)50-47-44-41-38-35-32-29-26-23-20-17-14-11-8-5-2/h16,19-20,23,25,27,30,33,39,42,54H,4-15,17-18,21-22,24,26,28-29,31-32,34-38,40-41,43-53H2,1-3H3/b19-16-,23-20-,27-25-,33-30-,42-39-/t54-/m0/s1. The summed E-state index contributed by atoms with van der Waals surface area (Å²) in [4.78, 5) is 38.0. The first-order chi connectivity index (χ1) is 31.0. The van der Waals surface area contributed by atoms with E-state index >= 15 is 0 Å². The van der Waals surface area contributed by atoms with Gasteiger partial charge in [0.15, 0.2) is 6.10 Å². The minimum Gasteiger partial charge on any atom is -0.462 e. The first-order valence-electron chi connectivity index (χ1n) is 26.8. The quantitative estimate of drug-likeness (QED) is 0.0262. The van der Waals surface area contributed by atoms with Crippen LogP contribution in [0.5, 0.6) is 0 Å². The van der Waals surface area contributed by atoms with Gasteiger partial charge in [0.05, 0.1) is 0 Å². The van der Waals surface area contributed by atoms with E-state index in [1.54, 1.807) is 0 Å². The molecule has 0 heterocycles. The summed E-state index contributed by atoms with van der Waals surface area (Å²) < 4.78 is 16.8. The molecule has 0 aromatic rings. The number of carbonyl (C=O) groups excluding carboxylic acids is 3. The summed E-state index contributed by atoms with van der Waals surface area (Å²) in [7, 11) is 0. The zero-order chi connectivity index (χ0) is 45.8. The zero-order valence-electron chi connectivity index (χ0n) is 41.6.